The molecule has 1 heterocycles. The van der Waals surface area contributed by atoms with Gasteiger partial charge in [-0.25, -0.2) is 4.39 Å². The highest BCUT2D eigenvalue weighted by molar-refractivity contribution is 6.30. The molecular formula is C17H22ClFN2. The minimum Gasteiger partial charge on any atom is -0.350 e. The maximum atomic E-state index is 13.5. The van der Waals surface area contributed by atoms with Crippen molar-refractivity contribution >= 4 is 11.6 Å². The molecule has 2 aromatic rings. The molecule has 0 aliphatic carbocycles. The van der Waals surface area contributed by atoms with Crippen LogP contribution in [-0.4, -0.2) is 11.1 Å². The number of rotatable bonds is 6. The van der Waals surface area contributed by atoms with Crippen molar-refractivity contribution in [3.63, 3.8) is 0 Å². The van der Waals surface area contributed by atoms with Gasteiger partial charge in [0.25, 0.3) is 0 Å². The molecule has 0 fully saturated rings. The molecular weight excluding hydrogens is 287 g/mol. The Hall–Kier alpha value is -1.32. The SMILES string of the molecule is CCNC(c1ccn(Cc2ccc(Cl)c(F)c2)c1)C(C)C. The van der Waals surface area contributed by atoms with Crippen molar-refractivity contribution in [1.82, 2.24) is 9.88 Å². The monoisotopic (exact) mass is 308 g/mol. The van der Waals surface area contributed by atoms with Gasteiger partial charge in [-0.1, -0.05) is 38.4 Å². The number of halogens is 2. The Morgan fingerprint density at radius 2 is 2.05 bits per heavy atom. The van der Waals surface area contributed by atoms with Gasteiger partial charge in [-0.15, -0.1) is 0 Å². The first-order chi connectivity index (χ1) is 10.0. The molecule has 2 nitrogen and oxygen atoms in total. The summed E-state index contributed by atoms with van der Waals surface area (Å²) in [6.07, 6.45) is 4.16. The molecule has 0 spiro atoms. The van der Waals surface area contributed by atoms with Gasteiger partial charge in [-0.05, 0) is 41.8 Å². The molecule has 2 rings (SSSR count). The van der Waals surface area contributed by atoms with E-state index in [2.05, 4.69) is 42.9 Å². The van der Waals surface area contributed by atoms with E-state index in [9.17, 15) is 4.39 Å². The standard InChI is InChI=1S/C17H22ClFN2/c1-4-20-17(12(2)3)14-7-8-21(11-14)10-13-5-6-15(18)16(19)9-13/h5-9,11-12,17,20H,4,10H2,1-3H3. The molecule has 0 aliphatic rings. The van der Waals surface area contributed by atoms with Crippen molar-refractivity contribution in [3.05, 3.63) is 58.6 Å². The maximum absolute atomic E-state index is 13.5. The second-order valence-corrected chi connectivity index (χ2v) is 6.05. The molecule has 0 saturated heterocycles. The van der Waals surface area contributed by atoms with E-state index in [1.165, 1.54) is 11.6 Å². The van der Waals surface area contributed by atoms with Crippen molar-refractivity contribution < 1.29 is 4.39 Å². The molecule has 0 aliphatic heterocycles. The summed E-state index contributed by atoms with van der Waals surface area (Å²) in [5.74, 6) is 0.156. The zero-order valence-electron chi connectivity index (χ0n) is 12.7. The fourth-order valence-corrected chi connectivity index (χ4v) is 2.67. The maximum Gasteiger partial charge on any atom is 0.142 e. The molecule has 4 heteroatoms. The Morgan fingerprint density at radius 1 is 1.29 bits per heavy atom. The molecule has 0 radical (unpaired) electrons. The van der Waals surface area contributed by atoms with Gasteiger partial charge in [0.05, 0.1) is 5.02 Å². The molecule has 0 saturated carbocycles. The van der Waals surface area contributed by atoms with Crippen LogP contribution in [0.15, 0.2) is 36.7 Å². The van der Waals surface area contributed by atoms with Crippen LogP contribution in [0.3, 0.4) is 0 Å². The summed E-state index contributed by atoms with van der Waals surface area (Å²) >= 11 is 5.71. The third-order valence-corrected chi connectivity index (χ3v) is 3.88. The molecule has 21 heavy (non-hydrogen) atoms. The lowest BCUT2D eigenvalue weighted by atomic mass is 9.98. The lowest BCUT2D eigenvalue weighted by molar-refractivity contribution is 0.421. The predicted molar refractivity (Wildman–Crippen MR) is 86.2 cm³/mol. The second kappa shape index (κ2) is 7.10. The first-order valence-corrected chi connectivity index (χ1v) is 7.72. The molecule has 1 atom stereocenters. The summed E-state index contributed by atoms with van der Waals surface area (Å²) < 4.78 is 15.5. The van der Waals surface area contributed by atoms with Gasteiger partial charge in [0.15, 0.2) is 0 Å². The summed E-state index contributed by atoms with van der Waals surface area (Å²) in [6.45, 7) is 8.11. The van der Waals surface area contributed by atoms with Crippen molar-refractivity contribution in [3.8, 4) is 0 Å². The summed E-state index contributed by atoms with van der Waals surface area (Å²) in [6, 6.07) is 7.42. The van der Waals surface area contributed by atoms with Crippen LogP contribution in [-0.2, 0) is 6.54 Å². The highest BCUT2D eigenvalue weighted by Gasteiger charge is 2.15. The van der Waals surface area contributed by atoms with Gasteiger partial charge in [-0.2, -0.15) is 0 Å². The van der Waals surface area contributed by atoms with Crippen molar-refractivity contribution in [2.75, 3.05) is 6.54 Å². The van der Waals surface area contributed by atoms with Gasteiger partial charge in [-0.3, -0.25) is 0 Å². The second-order valence-electron chi connectivity index (χ2n) is 5.64. The predicted octanol–water partition coefficient (Wildman–Crippen LogP) is 4.64. The van der Waals surface area contributed by atoms with E-state index in [0.717, 1.165) is 12.1 Å². The molecule has 1 unspecified atom stereocenters. The van der Waals surface area contributed by atoms with E-state index in [4.69, 9.17) is 11.6 Å². The zero-order valence-corrected chi connectivity index (χ0v) is 13.5. The summed E-state index contributed by atoms with van der Waals surface area (Å²) in [5.41, 5.74) is 2.17. The van der Waals surface area contributed by atoms with Crippen molar-refractivity contribution in [1.29, 1.82) is 0 Å². The zero-order chi connectivity index (χ0) is 15.4. The number of nitrogens with one attached hydrogen (secondary N) is 1. The molecule has 1 aromatic heterocycles. The fraction of sp³-hybridized carbons (Fsp3) is 0.412. The number of aromatic nitrogens is 1. The highest BCUT2D eigenvalue weighted by atomic mass is 35.5. The van der Waals surface area contributed by atoms with Crippen molar-refractivity contribution in [2.24, 2.45) is 5.92 Å². The molecule has 0 bridgehead atoms. The van der Waals surface area contributed by atoms with Crippen LogP contribution >= 0.6 is 11.6 Å². The fourth-order valence-electron chi connectivity index (χ4n) is 2.55. The molecule has 1 N–H and O–H groups in total. The Bertz CT molecular complexity index is 592. The topological polar surface area (TPSA) is 17.0 Å². The van der Waals surface area contributed by atoms with Gasteiger partial charge in [0.2, 0.25) is 0 Å². The van der Waals surface area contributed by atoms with Crippen LogP contribution in [0.4, 0.5) is 4.39 Å². The third kappa shape index (κ3) is 4.08. The van der Waals surface area contributed by atoms with Gasteiger partial charge < -0.3 is 9.88 Å². The van der Waals surface area contributed by atoms with Crippen molar-refractivity contribution in [2.45, 2.75) is 33.4 Å². The van der Waals surface area contributed by atoms with Gasteiger partial charge in [0.1, 0.15) is 5.82 Å². The highest BCUT2D eigenvalue weighted by Crippen LogP contribution is 2.22. The first-order valence-electron chi connectivity index (χ1n) is 7.34. The Balaban J connectivity index is 2.13. The van der Waals surface area contributed by atoms with Crippen LogP contribution < -0.4 is 5.32 Å². The van der Waals surface area contributed by atoms with Crippen LogP contribution in [0.5, 0.6) is 0 Å². The Kier molecular flexibility index (Phi) is 5.43. The minimum atomic E-state index is -0.366. The van der Waals surface area contributed by atoms with E-state index >= 15 is 0 Å². The molecule has 114 valence electrons. The largest absolute Gasteiger partial charge is 0.350 e. The lowest BCUT2D eigenvalue weighted by Crippen LogP contribution is -2.25. The smallest absolute Gasteiger partial charge is 0.142 e. The van der Waals surface area contributed by atoms with Gasteiger partial charge >= 0.3 is 0 Å². The first kappa shape index (κ1) is 16.1. The van der Waals surface area contributed by atoms with Crippen LogP contribution in [0.1, 0.15) is 37.9 Å². The number of nitrogens with zero attached hydrogens (tertiary/aromatic N) is 1. The molecule has 1 aromatic carbocycles. The van der Waals surface area contributed by atoms with E-state index < -0.39 is 0 Å². The summed E-state index contributed by atoms with van der Waals surface area (Å²) in [7, 11) is 0. The van der Waals surface area contributed by atoms with E-state index in [0.29, 0.717) is 18.5 Å². The van der Waals surface area contributed by atoms with Crippen LogP contribution in [0.2, 0.25) is 5.02 Å². The average molecular weight is 309 g/mol. The number of benzene rings is 1. The molecule has 0 amide bonds. The van der Waals surface area contributed by atoms with E-state index in [-0.39, 0.29) is 10.8 Å². The third-order valence-electron chi connectivity index (χ3n) is 3.57. The van der Waals surface area contributed by atoms with Crippen LogP contribution in [0, 0.1) is 11.7 Å². The summed E-state index contributed by atoms with van der Waals surface area (Å²) in [4.78, 5) is 0. The number of hydrogen-bond donors (Lipinski definition) is 1. The van der Waals surface area contributed by atoms with E-state index in [1.807, 2.05) is 12.3 Å². The quantitative estimate of drug-likeness (QED) is 0.823. The van der Waals surface area contributed by atoms with Gasteiger partial charge in [0, 0.05) is 25.0 Å². The Labute approximate surface area is 130 Å². The lowest BCUT2D eigenvalue weighted by Gasteiger charge is -2.20. The Morgan fingerprint density at radius 3 is 2.67 bits per heavy atom. The number of hydrogen-bond acceptors (Lipinski definition) is 1. The normalized spacial score (nSPS) is 12.9. The average Bonchev–Trinajstić information content (AvgIpc) is 2.88. The van der Waals surface area contributed by atoms with Crippen LogP contribution in [0.25, 0.3) is 0 Å². The summed E-state index contributed by atoms with van der Waals surface area (Å²) in [5, 5.41) is 3.67. The minimum absolute atomic E-state index is 0.166. The van der Waals surface area contributed by atoms with E-state index in [1.54, 1.807) is 6.07 Å².